The largest absolute Gasteiger partial charge is 0.421 e. The zero-order valence-electron chi connectivity index (χ0n) is 26.0. The van der Waals surface area contributed by atoms with E-state index < -0.39 is 11.9 Å². The number of ether oxygens (including phenoxy) is 2. The Hall–Kier alpha value is -6.53. The van der Waals surface area contributed by atoms with Crippen LogP contribution < -0.4 is 9.47 Å². The van der Waals surface area contributed by atoms with Crippen LogP contribution in [-0.4, -0.2) is 23.5 Å². The molecular weight excluding hydrogens is 600 g/mol. The highest BCUT2D eigenvalue weighted by molar-refractivity contribution is 6.10. The summed E-state index contributed by atoms with van der Waals surface area (Å²) in [5.41, 5.74) is 4.66. The number of esters is 2. The third kappa shape index (κ3) is 7.30. The molecule has 6 heteroatoms. The second-order valence-corrected chi connectivity index (χ2v) is 11.0. The van der Waals surface area contributed by atoms with Gasteiger partial charge in [-0.25, -0.2) is 9.59 Å². The van der Waals surface area contributed by atoms with E-state index in [2.05, 4.69) is 0 Å². The van der Waals surface area contributed by atoms with E-state index in [9.17, 15) is 19.2 Å². The summed E-state index contributed by atoms with van der Waals surface area (Å²) in [6.45, 7) is 1.97. The third-order valence-corrected chi connectivity index (χ3v) is 7.83. The normalized spacial score (nSPS) is 10.5. The SMILES string of the molecule is C[C+](c1ccc(OC(=O)c2ccc(C(=O)c3ccccc3)cc2)cc1)c1ccc(OC(=O)c2ccc(C(=O)c3ccccc3)cc2)cc1. The van der Waals surface area contributed by atoms with E-state index in [-0.39, 0.29) is 11.6 Å². The van der Waals surface area contributed by atoms with Crippen molar-refractivity contribution in [2.45, 2.75) is 6.92 Å². The fraction of sp³-hybridized carbons (Fsp3) is 0.0238. The first-order chi connectivity index (χ1) is 23.4. The molecule has 0 bridgehead atoms. The van der Waals surface area contributed by atoms with E-state index in [1.54, 1.807) is 121 Å². The van der Waals surface area contributed by atoms with E-state index in [0.717, 1.165) is 17.0 Å². The van der Waals surface area contributed by atoms with Gasteiger partial charge in [0.05, 0.1) is 22.3 Å². The monoisotopic (exact) mass is 629 g/mol. The van der Waals surface area contributed by atoms with Crippen LogP contribution in [0.5, 0.6) is 11.5 Å². The molecule has 0 amide bonds. The van der Waals surface area contributed by atoms with Crippen LogP contribution in [0.15, 0.2) is 158 Å². The van der Waals surface area contributed by atoms with E-state index in [0.29, 0.717) is 44.9 Å². The van der Waals surface area contributed by atoms with Crippen LogP contribution in [0.25, 0.3) is 0 Å². The van der Waals surface area contributed by atoms with Crippen LogP contribution in [0.4, 0.5) is 0 Å². The number of carbonyl (C=O) groups is 4. The number of hydrogen-bond acceptors (Lipinski definition) is 6. The second-order valence-electron chi connectivity index (χ2n) is 11.0. The van der Waals surface area contributed by atoms with E-state index in [1.807, 2.05) is 43.3 Å². The molecule has 232 valence electrons. The van der Waals surface area contributed by atoms with Crippen LogP contribution >= 0.6 is 0 Å². The highest BCUT2D eigenvalue weighted by Crippen LogP contribution is 2.27. The minimum absolute atomic E-state index is 0.117. The molecule has 0 saturated carbocycles. The molecule has 0 saturated heterocycles. The fourth-order valence-corrected chi connectivity index (χ4v) is 5.07. The number of ketones is 2. The van der Waals surface area contributed by atoms with Gasteiger partial charge in [-0.2, -0.15) is 0 Å². The highest BCUT2D eigenvalue weighted by Gasteiger charge is 2.18. The maximum Gasteiger partial charge on any atom is 0.343 e. The first-order valence-corrected chi connectivity index (χ1v) is 15.2. The molecule has 0 unspecified atom stereocenters. The van der Waals surface area contributed by atoms with Crippen molar-refractivity contribution >= 4 is 23.5 Å². The minimum atomic E-state index is -0.524. The lowest BCUT2D eigenvalue weighted by Gasteiger charge is -2.09. The lowest BCUT2D eigenvalue weighted by Crippen LogP contribution is -2.10. The molecule has 6 nitrogen and oxygen atoms in total. The van der Waals surface area contributed by atoms with Gasteiger partial charge >= 0.3 is 11.9 Å². The summed E-state index contributed by atoms with van der Waals surface area (Å²) in [4.78, 5) is 50.7. The summed E-state index contributed by atoms with van der Waals surface area (Å²) < 4.78 is 11.1. The Labute approximate surface area is 278 Å². The molecule has 0 fully saturated rings. The number of rotatable bonds is 10. The first-order valence-electron chi connectivity index (χ1n) is 15.2. The summed E-state index contributed by atoms with van der Waals surface area (Å²) in [6, 6.07) is 45.0. The summed E-state index contributed by atoms with van der Waals surface area (Å²) in [5, 5.41) is 0. The average molecular weight is 630 g/mol. The summed E-state index contributed by atoms with van der Waals surface area (Å²) in [6.07, 6.45) is 0. The van der Waals surface area contributed by atoms with Crippen LogP contribution in [0, 0.1) is 5.92 Å². The van der Waals surface area contributed by atoms with Crippen molar-refractivity contribution < 1.29 is 28.7 Å². The van der Waals surface area contributed by atoms with Gasteiger partial charge in [-0.15, -0.1) is 0 Å². The predicted octanol–water partition coefficient (Wildman–Crippen LogP) is 8.58. The molecular formula is C42H29O6+. The van der Waals surface area contributed by atoms with Gasteiger partial charge < -0.3 is 9.47 Å². The molecule has 0 aliphatic carbocycles. The van der Waals surface area contributed by atoms with Crippen molar-refractivity contribution in [3.63, 3.8) is 0 Å². The van der Waals surface area contributed by atoms with Crippen molar-refractivity contribution in [2.24, 2.45) is 0 Å². The van der Waals surface area contributed by atoms with Crippen LogP contribution in [0.3, 0.4) is 0 Å². The van der Waals surface area contributed by atoms with Gasteiger partial charge in [0.25, 0.3) is 0 Å². The molecule has 48 heavy (non-hydrogen) atoms. The van der Waals surface area contributed by atoms with Gasteiger partial charge in [0, 0.05) is 76.7 Å². The Kier molecular flexibility index (Phi) is 9.35. The number of benzene rings is 6. The smallest absolute Gasteiger partial charge is 0.343 e. The highest BCUT2D eigenvalue weighted by atomic mass is 16.5. The Morgan fingerprint density at radius 2 is 0.667 bits per heavy atom. The van der Waals surface area contributed by atoms with Crippen molar-refractivity contribution in [1.29, 1.82) is 0 Å². The quantitative estimate of drug-likeness (QED) is 0.0653. The number of hydrogen-bond donors (Lipinski definition) is 0. The van der Waals surface area contributed by atoms with Gasteiger partial charge in [0.1, 0.15) is 11.5 Å². The van der Waals surface area contributed by atoms with Crippen molar-refractivity contribution in [3.05, 3.63) is 208 Å². The Bertz CT molecular complexity index is 1900. The number of carbonyl (C=O) groups excluding carboxylic acids is 4. The molecule has 6 aromatic rings. The standard InChI is InChI=1S/C42H29O6/c1-28(29-20-24-37(25-21-29)47-41(45)35-16-12-33(13-17-35)39(43)31-8-4-2-5-9-31)30-22-26-38(27-23-30)48-42(46)36-18-14-34(15-19-36)40(44)32-10-6-3-7-11-32/h2-27H,1H3/q+1. The van der Waals surface area contributed by atoms with E-state index >= 15 is 0 Å². The third-order valence-electron chi connectivity index (χ3n) is 7.83. The van der Waals surface area contributed by atoms with Crippen LogP contribution in [-0.2, 0) is 0 Å². The predicted molar refractivity (Wildman–Crippen MR) is 183 cm³/mol. The Balaban J connectivity index is 1.03. The molecule has 0 aliphatic rings. The second kappa shape index (κ2) is 14.3. The first kappa shape index (κ1) is 31.5. The lowest BCUT2D eigenvalue weighted by molar-refractivity contribution is 0.0725. The lowest BCUT2D eigenvalue weighted by atomic mass is 9.93. The van der Waals surface area contributed by atoms with E-state index in [1.165, 1.54) is 0 Å². The summed E-state index contributed by atoms with van der Waals surface area (Å²) in [7, 11) is 0. The van der Waals surface area contributed by atoms with Gasteiger partial charge in [-0.1, -0.05) is 84.9 Å². The molecule has 0 aliphatic heterocycles. The van der Waals surface area contributed by atoms with Gasteiger partial charge in [-0.3, -0.25) is 9.59 Å². The maximum atomic E-state index is 12.7. The Morgan fingerprint density at radius 1 is 0.375 bits per heavy atom. The molecule has 0 radical (unpaired) electrons. The Morgan fingerprint density at radius 3 is 1.00 bits per heavy atom. The topological polar surface area (TPSA) is 86.7 Å². The molecule has 0 spiro atoms. The van der Waals surface area contributed by atoms with Gasteiger partial charge in [0.15, 0.2) is 11.6 Å². The fourth-order valence-electron chi connectivity index (χ4n) is 5.07. The van der Waals surface area contributed by atoms with Gasteiger partial charge in [0.2, 0.25) is 0 Å². The van der Waals surface area contributed by atoms with Gasteiger partial charge in [-0.05, 0) is 31.2 Å². The van der Waals surface area contributed by atoms with Crippen LogP contribution in [0.2, 0.25) is 0 Å². The van der Waals surface area contributed by atoms with Crippen molar-refractivity contribution in [1.82, 2.24) is 0 Å². The average Bonchev–Trinajstić information content (AvgIpc) is 3.15. The zero-order chi connectivity index (χ0) is 33.5. The molecule has 0 heterocycles. The minimum Gasteiger partial charge on any atom is -0.421 e. The molecule has 0 atom stereocenters. The maximum absolute atomic E-state index is 12.7. The summed E-state index contributed by atoms with van der Waals surface area (Å²) in [5.74, 6) is 0.472. The van der Waals surface area contributed by atoms with Crippen LogP contribution in [0.1, 0.15) is 70.6 Å². The molecule has 6 aromatic carbocycles. The molecule has 0 N–H and O–H groups in total. The van der Waals surface area contributed by atoms with E-state index in [4.69, 9.17) is 9.47 Å². The molecule has 6 rings (SSSR count). The van der Waals surface area contributed by atoms with Crippen molar-refractivity contribution in [2.75, 3.05) is 0 Å². The zero-order valence-corrected chi connectivity index (χ0v) is 26.0. The molecule has 0 aromatic heterocycles. The van der Waals surface area contributed by atoms with Crippen molar-refractivity contribution in [3.8, 4) is 11.5 Å². The summed E-state index contributed by atoms with van der Waals surface area (Å²) >= 11 is 0.